The van der Waals surface area contributed by atoms with E-state index in [0.717, 1.165) is 5.56 Å². The van der Waals surface area contributed by atoms with E-state index in [1.54, 1.807) is 25.1 Å². The number of carboxylic acids is 1. The average Bonchev–Trinajstić information content (AvgIpc) is 3.11. The molecule has 2 N–H and O–H groups in total. The molecular formula is C17H16N4O4S. The topological polar surface area (TPSA) is 114 Å². The van der Waals surface area contributed by atoms with Gasteiger partial charge >= 0.3 is 5.97 Å². The first-order valence-corrected chi connectivity index (χ1v) is 9.08. The van der Waals surface area contributed by atoms with Crippen LogP contribution in [0, 0.1) is 13.8 Å². The Kier molecular flexibility index (Phi) is 4.47. The van der Waals surface area contributed by atoms with Gasteiger partial charge in [-0.1, -0.05) is 17.7 Å². The summed E-state index contributed by atoms with van der Waals surface area (Å²) < 4.78 is 29.0. The molecule has 1 aromatic heterocycles. The molecule has 0 fully saturated rings. The maximum Gasteiger partial charge on any atom is 0.337 e. The lowest BCUT2D eigenvalue weighted by atomic mass is 10.1. The molecule has 0 amide bonds. The van der Waals surface area contributed by atoms with Gasteiger partial charge in [0.25, 0.3) is 10.0 Å². The van der Waals surface area contributed by atoms with Crippen molar-refractivity contribution in [3.05, 3.63) is 65.7 Å². The zero-order valence-electron chi connectivity index (χ0n) is 14.0. The van der Waals surface area contributed by atoms with E-state index in [9.17, 15) is 18.3 Å². The molecule has 3 rings (SSSR count). The van der Waals surface area contributed by atoms with Gasteiger partial charge in [0.1, 0.15) is 12.7 Å². The van der Waals surface area contributed by atoms with E-state index in [4.69, 9.17) is 0 Å². The Labute approximate surface area is 150 Å². The molecule has 0 bridgehead atoms. The van der Waals surface area contributed by atoms with Crippen LogP contribution in [0.3, 0.4) is 0 Å². The van der Waals surface area contributed by atoms with Crippen molar-refractivity contribution in [1.82, 2.24) is 14.8 Å². The fourth-order valence-corrected chi connectivity index (χ4v) is 3.61. The van der Waals surface area contributed by atoms with E-state index < -0.39 is 16.0 Å². The van der Waals surface area contributed by atoms with Crippen LogP contribution in [0.5, 0.6) is 0 Å². The molecule has 26 heavy (non-hydrogen) atoms. The number of sulfonamides is 1. The van der Waals surface area contributed by atoms with Crippen molar-refractivity contribution in [2.24, 2.45) is 0 Å². The van der Waals surface area contributed by atoms with Gasteiger partial charge in [0, 0.05) is 0 Å². The molecule has 9 heteroatoms. The number of hydrogen-bond acceptors (Lipinski definition) is 5. The number of carboxylic acid groups (broad SMARTS) is 1. The Morgan fingerprint density at radius 2 is 1.85 bits per heavy atom. The van der Waals surface area contributed by atoms with Crippen molar-refractivity contribution in [1.29, 1.82) is 0 Å². The van der Waals surface area contributed by atoms with Crippen LogP contribution < -0.4 is 4.72 Å². The number of rotatable bonds is 5. The highest BCUT2D eigenvalue weighted by atomic mass is 32.2. The number of anilines is 1. The molecule has 0 atom stereocenters. The Morgan fingerprint density at radius 1 is 1.15 bits per heavy atom. The van der Waals surface area contributed by atoms with Crippen molar-refractivity contribution in [2.75, 3.05) is 4.72 Å². The van der Waals surface area contributed by atoms with Crippen LogP contribution in [-0.2, 0) is 10.0 Å². The van der Waals surface area contributed by atoms with E-state index in [-0.39, 0.29) is 16.1 Å². The fraction of sp³-hybridized carbons (Fsp3) is 0.118. The minimum atomic E-state index is -3.92. The first kappa shape index (κ1) is 17.6. The number of carbonyl (C=O) groups is 1. The molecule has 1 heterocycles. The van der Waals surface area contributed by atoms with Crippen LogP contribution in [0.15, 0.2) is 53.9 Å². The lowest BCUT2D eigenvalue weighted by Gasteiger charge is -2.15. The van der Waals surface area contributed by atoms with Gasteiger partial charge in [-0.3, -0.25) is 4.72 Å². The van der Waals surface area contributed by atoms with Gasteiger partial charge in [-0.2, -0.15) is 5.10 Å². The Morgan fingerprint density at radius 3 is 2.42 bits per heavy atom. The maximum atomic E-state index is 12.6. The van der Waals surface area contributed by atoms with Gasteiger partial charge < -0.3 is 5.11 Å². The molecule has 0 aliphatic heterocycles. The summed E-state index contributed by atoms with van der Waals surface area (Å²) in [5.41, 5.74) is 1.68. The van der Waals surface area contributed by atoms with E-state index in [0.29, 0.717) is 11.3 Å². The minimum Gasteiger partial charge on any atom is -0.478 e. The third-order valence-corrected chi connectivity index (χ3v) is 5.17. The summed E-state index contributed by atoms with van der Waals surface area (Å²) in [6, 6.07) is 9.26. The number of nitrogens with zero attached hydrogens (tertiary/aromatic N) is 3. The van der Waals surface area contributed by atoms with Gasteiger partial charge in [-0.05, 0) is 43.7 Å². The maximum absolute atomic E-state index is 12.6. The van der Waals surface area contributed by atoms with E-state index >= 15 is 0 Å². The second-order valence-electron chi connectivity index (χ2n) is 5.75. The quantitative estimate of drug-likeness (QED) is 0.711. The summed E-state index contributed by atoms with van der Waals surface area (Å²) in [6.07, 6.45) is 2.75. The van der Waals surface area contributed by atoms with Crippen LogP contribution >= 0.6 is 0 Å². The van der Waals surface area contributed by atoms with Crippen LogP contribution in [0.1, 0.15) is 21.5 Å². The number of benzene rings is 2. The highest BCUT2D eigenvalue weighted by Gasteiger charge is 2.21. The lowest BCUT2D eigenvalue weighted by molar-refractivity contribution is 0.0698. The zero-order chi connectivity index (χ0) is 18.9. The normalized spacial score (nSPS) is 11.3. The standard InChI is InChI=1S/C17H16N4O4S/c1-11-3-5-14(6-4-11)26(24,25)20-16-12(2)7-13(8-15(16)17(22)23)21-10-18-9-19-21/h3-10,20H,1-2H3,(H,22,23). The largest absolute Gasteiger partial charge is 0.478 e. The number of aromatic nitrogens is 3. The second-order valence-corrected chi connectivity index (χ2v) is 7.43. The first-order chi connectivity index (χ1) is 12.3. The molecule has 0 saturated carbocycles. The number of nitrogens with one attached hydrogen (secondary N) is 1. The van der Waals surface area contributed by atoms with Gasteiger partial charge in [-0.25, -0.2) is 22.9 Å². The van der Waals surface area contributed by atoms with Crippen molar-refractivity contribution in [2.45, 2.75) is 18.7 Å². The van der Waals surface area contributed by atoms with E-state index in [1.165, 1.54) is 35.5 Å². The molecule has 0 saturated heterocycles. The first-order valence-electron chi connectivity index (χ1n) is 7.60. The number of hydrogen-bond donors (Lipinski definition) is 2. The van der Waals surface area contributed by atoms with E-state index in [2.05, 4.69) is 14.8 Å². The summed E-state index contributed by atoms with van der Waals surface area (Å²) >= 11 is 0. The molecule has 8 nitrogen and oxygen atoms in total. The van der Waals surface area contributed by atoms with Gasteiger partial charge in [0.15, 0.2) is 0 Å². The highest BCUT2D eigenvalue weighted by molar-refractivity contribution is 7.92. The predicted octanol–water partition coefficient (Wildman–Crippen LogP) is 2.38. The molecule has 2 aromatic carbocycles. The molecular weight excluding hydrogens is 356 g/mol. The summed E-state index contributed by atoms with van der Waals surface area (Å²) in [5.74, 6) is -1.25. The fourth-order valence-electron chi connectivity index (χ4n) is 2.46. The monoisotopic (exact) mass is 372 g/mol. The molecule has 0 unspecified atom stereocenters. The number of aryl methyl sites for hydroxylation is 2. The predicted molar refractivity (Wildman–Crippen MR) is 95.0 cm³/mol. The molecule has 0 aliphatic rings. The molecule has 0 aliphatic carbocycles. The average molecular weight is 372 g/mol. The SMILES string of the molecule is Cc1ccc(S(=O)(=O)Nc2c(C)cc(-n3cncn3)cc2C(=O)O)cc1. The van der Waals surface area contributed by atoms with Gasteiger partial charge in [-0.15, -0.1) is 0 Å². The molecule has 134 valence electrons. The van der Waals surface area contributed by atoms with Gasteiger partial charge in [0.05, 0.1) is 21.8 Å². The Bertz CT molecular complexity index is 1060. The summed E-state index contributed by atoms with van der Waals surface area (Å²) in [4.78, 5) is 15.6. The van der Waals surface area contributed by atoms with E-state index in [1.807, 2.05) is 6.92 Å². The van der Waals surface area contributed by atoms with Crippen molar-refractivity contribution < 1.29 is 18.3 Å². The summed E-state index contributed by atoms with van der Waals surface area (Å²) in [7, 11) is -3.92. The third-order valence-electron chi connectivity index (χ3n) is 3.80. The highest BCUT2D eigenvalue weighted by Crippen LogP contribution is 2.27. The van der Waals surface area contributed by atoms with Crippen LogP contribution in [-0.4, -0.2) is 34.3 Å². The van der Waals surface area contributed by atoms with Gasteiger partial charge in [0.2, 0.25) is 0 Å². The summed E-state index contributed by atoms with van der Waals surface area (Å²) in [6.45, 7) is 3.47. The third kappa shape index (κ3) is 3.42. The van der Waals surface area contributed by atoms with Crippen molar-refractivity contribution in [3.63, 3.8) is 0 Å². The van der Waals surface area contributed by atoms with Crippen molar-refractivity contribution >= 4 is 21.7 Å². The number of aromatic carboxylic acids is 1. The van der Waals surface area contributed by atoms with Crippen LogP contribution in [0.4, 0.5) is 5.69 Å². The second kappa shape index (κ2) is 6.60. The van der Waals surface area contributed by atoms with Crippen LogP contribution in [0.2, 0.25) is 0 Å². The van der Waals surface area contributed by atoms with Crippen molar-refractivity contribution in [3.8, 4) is 5.69 Å². The Hall–Kier alpha value is -3.20. The molecule has 0 spiro atoms. The van der Waals surface area contributed by atoms with Crippen LogP contribution in [0.25, 0.3) is 5.69 Å². The Balaban J connectivity index is 2.07. The minimum absolute atomic E-state index is 0.0157. The lowest BCUT2D eigenvalue weighted by Crippen LogP contribution is -2.17. The zero-order valence-corrected chi connectivity index (χ0v) is 14.9. The smallest absolute Gasteiger partial charge is 0.337 e. The summed E-state index contributed by atoms with van der Waals surface area (Å²) in [5, 5.41) is 13.5. The molecule has 0 radical (unpaired) electrons. The molecule has 3 aromatic rings.